The maximum Gasteiger partial charge on any atom is 0.310 e. The second-order valence-electron chi connectivity index (χ2n) is 4.32. The molecule has 1 aromatic heterocycles. The number of hydrogen-bond donors (Lipinski definition) is 2. The Morgan fingerprint density at radius 1 is 1.44 bits per heavy atom. The lowest BCUT2D eigenvalue weighted by Gasteiger charge is -2.26. The van der Waals surface area contributed by atoms with Crippen LogP contribution in [0, 0.1) is 5.41 Å². The molecular weight excluding hydrogens is 266 g/mol. The van der Waals surface area contributed by atoms with Gasteiger partial charge in [-0.05, 0) is 31.2 Å². The fourth-order valence-corrected chi connectivity index (χ4v) is 3.43. The monoisotopic (exact) mass is 287 g/mol. The fraction of sp³-hybridized carbons (Fsp3) is 0.615. The topological polar surface area (TPSA) is 49.3 Å². The number of thiophene rings is 1. The fourth-order valence-electron chi connectivity index (χ4n) is 1.87. The van der Waals surface area contributed by atoms with Crippen LogP contribution in [-0.4, -0.2) is 23.9 Å². The Morgan fingerprint density at radius 3 is 2.56 bits per heavy atom. The molecule has 1 heterocycles. The molecule has 1 aromatic rings. The summed E-state index contributed by atoms with van der Waals surface area (Å²) < 4.78 is 1.29. The number of thioether (sulfide) groups is 1. The van der Waals surface area contributed by atoms with Crippen molar-refractivity contribution in [2.75, 3.05) is 12.8 Å². The van der Waals surface area contributed by atoms with Crippen LogP contribution in [0.2, 0.25) is 0 Å². The molecule has 102 valence electrons. The van der Waals surface area contributed by atoms with Gasteiger partial charge in [-0.2, -0.15) is 0 Å². The van der Waals surface area contributed by atoms with Gasteiger partial charge in [-0.25, -0.2) is 0 Å². The van der Waals surface area contributed by atoms with E-state index in [1.165, 1.54) is 9.09 Å². The minimum absolute atomic E-state index is 0.530. The Kier molecular flexibility index (Phi) is 6.18. The Balaban J connectivity index is 2.51. The summed E-state index contributed by atoms with van der Waals surface area (Å²) in [7, 11) is 0. The molecule has 5 heteroatoms. The van der Waals surface area contributed by atoms with Crippen LogP contribution in [0.5, 0.6) is 0 Å². The van der Waals surface area contributed by atoms with Gasteiger partial charge >= 0.3 is 5.97 Å². The summed E-state index contributed by atoms with van der Waals surface area (Å²) in [5, 5.41) is 12.6. The molecule has 0 aliphatic rings. The summed E-state index contributed by atoms with van der Waals surface area (Å²) >= 11 is 3.50. The van der Waals surface area contributed by atoms with E-state index < -0.39 is 11.4 Å². The molecule has 0 aliphatic carbocycles. The molecule has 18 heavy (non-hydrogen) atoms. The van der Waals surface area contributed by atoms with Crippen LogP contribution in [0.4, 0.5) is 0 Å². The zero-order chi connectivity index (χ0) is 13.6. The third-order valence-electron chi connectivity index (χ3n) is 3.41. The van der Waals surface area contributed by atoms with E-state index in [0.29, 0.717) is 19.4 Å². The summed E-state index contributed by atoms with van der Waals surface area (Å²) in [6.45, 7) is 5.16. The first kappa shape index (κ1) is 15.5. The molecule has 0 atom stereocenters. The summed E-state index contributed by atoms with van der Waals surface area (Å²) in [6.07, 6.45) is 3.38. The smallest absolute Gasteiger partial charge is 0.310 e. The minimum atomic E-state index is -0.698. The number of carboxylic acid groups (broad SMARTS) is 1. The third-order valence-corrected chi connectivity index (χ3v) is 5.58. The van der Waals surface area contributed by atoms with E-state index >= 15 is 0 Å². The van der Waals surface area contributed by atoms with Crippen molar-refractivity contribution in [1.29, 1.82) is 0 Å². The van der Waals surface area contributed by atoms with E-state index in [1.807, 2.05) is 13.8 Å². The van der Waals surface area contributed by atoms with Crippen LogP contribution in [-0.2, 0) is 11.3 Å². The molecule has 0 unspecified atom stereocenters. The molecular formula is C13H21NO2S2. The van der Waals surface area contributed by atoms with E-state index in [1.54, 1.807) is 23.1 Å². The standard InChI is InChI=1S/C13H21NO2S2/c1-4-13(5-2,12(15)16)9-14-8-10-6-7-11(17-3)18-10/h6-7,14H,4-5,8-9H2,1-3H3,(H,15,16). The van der Waals surface area contributed by atoms with Crippen LogP contribution in [0.15, 0.2) is 16.3 Å². The molecule has 0 saturated heterocycles. The lowest BCUT2D eigenvalue weighted by atomic mass is 9.82. The van der Waals surface area contributed by atoms with Gasteiger partial charge in [-0.1, -0.05) is 13.8 Å². The van der Waals surface area contributed by atoms with Gasteiger partial charge in [-0.15, -0.1) is 23.1 Å². The largest absolute Gasteiger partial charge is 0.481 e. The van der Waals surface area contributed by atoms with Gasteiger partial charge in [0, 0.05) is 18.0 Å². The molecule has 0 aromatic carbocycles. The van der Waals surface area contributed by atoms with E-state index in [9.17, 15) is 9.90 Å². The maximum atomic E-state index is 11.3. The molecule has 0 bridgehead atoms. The highest BCUT2D eigenvalue weighted by atomic mass is 32.2. The van der Waals surface area contributed by atoms with Gasteiger partial charge in [0.1, 0.15) is 0 Å². The lowest BCUT2D eigenvalue weighted by molar-refractivity contribution is -0.149. The van der Waals surface area contributed by atoms with E-state index in [0.717, 1.165) is 6.54 Å². The number of carboxylic acids is 1. The summed E-state index contributed by atoms with van der Waals surface area (Å²) in [5.41, 5.74) is -0.625. The molecule has 0 spiro atoms. The first-order chi connectivity index (χ1) is 8.57. The Hall–Kier alpha value is -0.520. The number of rotatable bonds is 8. The average molecular weight is 287 g/mol. The number of carbonyl (C=O) groups is 1. The zero-order valence-electron chi connectivity index (χ0n) is 11.2. The van der Waals surface area contributed by atoms with Crippen molar-refractivity contribution in [3.8, 4) is 0 Å². The average Bonchev–Trinajstić information content (AvgIpc) is 2.82. The van der Waals surface area contributed by atoms with E-state index in [2.05, 4.69) is 23.7 Å². The van der Waals surface area contributed by atoms with Crippen LogP contribution in [0.1, 0.15) is 31.6 Å². The third kappa shape index (κ3) is 3.73. The summed E-state index contributed by atoms with van der Waals surface area (Å²) in [5.74, 6) is -0.698. The van der Waals surface area contributed by atoms with E-state index in [-0.39, 0.29) is 0 Å². The quantitative estimate of drug-likeness (QED) is 0.719. The van der Waals surface area contributed by atoms with Gasteiger partial charge in [0.15, 0.2) is 0 Å². The minimum Gasteiger partial charge on any atom is -0.481 e. The lowest BCUT2D eigenvalue weighted by Crippen LogP contribution is -2.39. The molecule has 2 N–H and O–H groups in total. The van der Waals surface area contributed by atoms with Gasteiger partial charge in [0.05, 0.1) is 9.62 Å². The highest BCUT2D eigenvalue weighted by Gasteiger charge is 2.34. The zero-order valence-corrected chi connectivity index (χ0v) is 12.8. The highest BCUT2D eigenvalue weighted by molar-refractivity contribution is 8.00. The second-order valence-corrected chi connectivity index (χ2v) is 6.60. The number of nitrogens with one attached hydrogen (secondary N) is 1. The van der Waals surface area contributed by atoms with Gasteiger partial charge in [0.25, 0.3) is 0 Å². The molecule has 1 rings (SSSR count). The van der Waals surface area contributed by atoms with Crippen molar-refractivity contribution >= 4 is 29.1 Å². The van der Waals surface area contributed by atoms with Gasteiger partial charge < -0.3 is 10.4 Å². The van der Waals surface area contributed by atoms with Crippen molar-refractivity contribution < 1.29 is 9.90 Å². The summed E-state index contributed by atoms with van der Waals surface area (Å²) in [6, 6.07) is 4.21. The predicted molar refractivity (Wildman–Crippen MR) is 78.5 cm³/mol. The summed E-state index contributed by atoms with van der Waals surface area (Å²) in [4.78, 5) is 12.6. The van der Waals surface area contributed by atoms with Crippen LogP contribution in [0.3, 0.4) is 0 Å². The van der Waals surface area contributed by atoms with Gasteiger partial charge in [0.2, 0.25) is 0 Å². The molecule has 0 radical (unpaired) electrons. The molecule has 0 fully saturated rings. The van der Waals surface area contributed by atoms with Crippen LogP contribution < -0.4 is 5.32 Å². The van der Waals surface area contributed by atoms with Crippen molar-refractivity contribution in [2.24, 2.45) is 5.41 Å². The maximum absolute atomic E-state index is 11.3. The first-order valence-corrected chi connectivity index (χ1v) is 8.19. The van der Waals surface area contributed by atoms with Crippen LogP contribution >= 0.6 is 23.1 Å². The number of hydrogen-bond acceptors (Lipinski definition) is 4. The van der Waals surface area contributed by atoms with Crippen molar-refractivity contribution in [3.63, 3.8) is 0 Å². The highest BCUT2D eigenvalue weighted by Crippen LogP contribution is 2.27. The number of aliphatic carboxylic acids is 1. The van der Waals surface area contributed by atoms with Crippen molar-refractivity contribution in [3.05, 3.63) is 17.0 Å². The second kappa shape index (κ2) is 7.16. The van der Waals surface area contributed by atoms with Crippen molar-refractivity contribution in [1.82, 2.24) is 5.32 Å². The van der Waals surface area contributed by atoms with Crippen LogP contribution in [0.25, 0.3) is 0 Å². The Bertz CT molecular complexity index is 386. The Labute approximate surface area is 117 Å². The van der Waals surface area contributed by atoms with Crippen molar-refractivity contribution in [2.45, 2.75) is 37.4 Å². The Morgan fingerprint density at radius 2 is 2.11 bits per heavy atom. The SMILES string of the molecule is CCC(CC)(CNCc1ccc(SC)s1)C(=O)O. The molecule has 3 nitrogen and oxygen atoms in total. The molecule has 0 aliphatic heterocycles. The molecule has 0 saturated carbocycles. The molecule has 0 amide bonds. The first-order valence-electron chi connectivity index (χ1n) is 6.14. The normalized spacial score (nSPS) is 11.7. The van der Waals surface area contributed by atoms with E-state index in [4.69, 9.17) is 0 Å². The van der Waals surface area contributed by atoms with Gasteiger partial charge in [-0.3, -0.25) is 4.79 Å². The predicted octanol–water partition coefficient (Wildman–Crippen LogP) is 3.45.